The molecule has 1 unspecified atom stereocenters. The van der Waals surface area contributed by atoms with Gasteiger partial charge in [0.05, 0.1) is 6.07 Å². The Morgan fingerprint density at radius 1 is 1.26 bits per heavy atom. The second kappa shape index (κ2) is 5.58. The van der Waals surface area contributed by atoms with Gasteiger partial charge in [-0.3, -0.25) is 4.79 Å². The van der Waals surface area contributed by atoms with Gasteiger partial charge in [0.2, 0.25) is 0 Å². The molecule has 2 fully saturated rings. The van der Waals surface area contributed by atoms with Crippen LogP contribution in [-0.4, -0.2) is 35.2 Å². The lowest BCUT2D eigenvalue weighted by atomic mass is 9.85. The molecule has 6 heteroatoms. The second-order valence-corrected chi connectivity index (χ2v) is 6.31. The monoisotopic (exact) mass is 314 g/mol. The summed E-state index contributed by atoms with van der Waals surface area (Å²) in [5.74, 6) is -1.04. The maximum absolute atomic E-state index is 12.1. The summed E-state index contributed by atoms with van der Waals surface area (Å²) >= 11 is 0. The van der Waals surface area contributed by atoms with Crippen molar-refractivity contribution in [1.29, 1.82) is 5.26 Å². The van der Waals surface area contributed by atoms with E-state index < -0.39 is 16.8 Å². The molecule has 0 aromatic heterocycles. The van der Waals surface area contributed by atoms with E-state index in [0.29, 0.717) is 32.4 Å². The summed E-state index contributed by atoms with van der Waals surface area (Å²) in [5.41, 5.74) is -0.803. The Bertz CT molecular complexity index is 659. The van der Waals surface area contributed by atoms with Crippen LogP contribution in [0.1, 0.15) is 24.8 Å². The van der Waals surface area contributed by atoms with Crippen molar-refractivity contribution in [2.45, 2.75) is 25.9 Å². The van der Waals surface area contributed by atoms with Crippen molar-refractivity contribution in [3.8, 4) is 6.07 Å². The van der Waals surface area contributed by atoms with Crippen LogP contribution in [0.4, 0.5) is 4.79 Å². The molecule has 2 aliphatic rings. The molecule has 1 N–H and O–H groups in total. The quantitative estimate of drug-likeness (QED) is 0.925. The highest BCUT2D eigenvalue weighted by Gasteiger charge is 2.73. The summed E-state index contributed by atoms with van der Waals surface area (Å²) in [6.07, 6.45) is 1.07. The minimum atomic E-state index is -1.26. The van der Waals surface area contributed by atoms with Gasteiger partial charge in [-0.15, -0.1) is 0 Å². The lowest BCUT2D eigenvalue weighted by Crippen LogP contribution is -2.41. The van der Waals surface area contributed by atoms with Crippen LogP contribution in [0.3, 0.4) is 0 Å². The van der Waals surface area contributed by atoms with Gasteiger partial charge in [0.15, 0.2) is 5.41 Å². The van der Waals surface area contributed by atoms with Crippen molar-refractivity contribution >= 4 is 12.1 Å². The van der Waals surface area contributed by atoms with Crippen LogP contribution >= 0.6 is 0 Å². The smallest absolute Gasteiger partial charge is 0.410 e. The Balaban J connectivity index is 1.53. The van der Waals surface area contributed by atoms with Crippen LogP contribution in [0.15, 0.2) is 30.3 Å². The highest BCUT2D eigenvalue weighted by molar-refractivity contribution is 5.84. The SMILES string of the molecule is N#CC1(C(=O)O)CC12CCN(C(=O)OCc1ccccc1)CC2. The fourth-order valence-corrected chi connectivity index (χ4v) is 3.50. The van der Waals surface area contributed by atoms with Gasteiger partial charge in [-0.2, -0.15) is 5.26 Å². The van der Waals surface area contributed by atoms with Gasteiger partial charge >= 0.3 is 12.1 Å². The van der Waals surface area contributed by atoms with Gasteiger partial charge in [-0.25, -0.2) is 4.79 Å². The van der Waals surface area contributed by atoms with E-state index in [4.69, 9.17) is 4.74 Å². The van der Waals surface area contributed by atoms with Gasteiger partial charge in [-0.05, 0) is 24.8 Å². The number of amides is 1. The molecule has 3 rings (SSSR count). The molecule has 1 atom stereocenters. The molecule has 0 bridgehead atoms. The number of hydrogen-bond donors (Lipinski definition) is 1. The van der Waals surface area contributed by atoms with Crippen LogP contribution in [0.2, 0.25) is 0 Å². The van der Waals surface area contributed by atoms with E-state index in [-0.39, 0.29) is 12.7 Å². The Kier molecular flexibility index (Phi) is 3.72. The van der Waals surface area contributed by atoms with E-state index in [2.05, 4.69) is 0 Å². The first-order valence-electron chi connectivity index (χ1n) is 7.63. The average Bonchev–Trinajstić information content (AvgIpc) is 3.22. The van der Waals surface area contributed by atoms with E-state index in [1.807, 2.05) is 36.4 Å². The molecular formula is C17H18N2O4. The maximum atomic E-state index is 12.1. The third kappa shape index (κ3) is 2.52. The molecule has 1 aromatic carbocycles. The van der Waals surface area contributed by atoms with Gasteiger partial charge in [0, 0.05) is 18.5 Å². The number of carboxylic acid groups (broad SMARTS) is 1. The second-order valence-electron chi connectivity index (χ2n) is 6.31. The topological polar surface area (TPSA) is 90.6 Å². The minimum absolute atomic E-state index is 0.221. The lowest BCUT2D eigenvalue weighted by molar-refractivity contribution is -0.142. The van der Waals surface area contributed by atoms with Crippen LogP contribution in [0.5, 0.6) is 0 Å². The predicted molar refractivity (Wildman–Crippen MR) is 80.2 cm³/mol. The zero-order valence-corrected chi connectivity index (χ0v) is 12.7. The largest absolute Gasteiger partial charge is 0.480 e. The molecule has 1 amide bonds. The van der Waals surface area contributed by atoms with Crippen molar-refractivity contribution in [3.05, 3.63) is 35.9 Å². The van der Waals surface area contributed by atoms with Crippen LogP contribution in [0.25, 0.3) is 0 Å². The third-order valence-corrected chi connectivity index (χ3v) is 5.12. The number of likely N-dealkylation sites (tertiary alicyclic amines) is 1. The third-order valence-electron chi connectivity index (χ3n) is 5.12. The molecule has 1 aliphatic heterocycles. The Hall–Kier alpha value is -2.55. The molecule has 120 valence electrons. The van der Waals surface area contributed by atoms with Gasteiger partial charge in [0.25, 0.3) is 0 Å². The number of carboxylic acids is 1. The standard InChI is InChI=1S/C17H18N2O4/c18-12-17(14(20)21)11-16(17)6-8-19(9-7-16)15(22)23-10-13-4-2-1-3-5-13/h1-5H,6-11H2,(H,20,21). The Morgan fingerprint density at radius 2 is 1.91 bits per heavy atom. The summed E-state index contributed by atoms with van der Waals surface area (Å²) in [4.78, 5) is 25.0. The number of aliphatic carboxylic acids is 1. The number of piperidine rings is 1. The summed E-state index contributed by atoms with van der Waals surface area (Å²) in [6, 6.07) is 11.4. The van der Waals surface area contributed by atoms with Gasteiger partial charge < -0.3 is 14.7 Å². The predicted octanol–water partition coefficient (Wildman–Crippen LogP) is 2.40. The van der Waals surface area contributed by atoms with Gasteiger partial charge in [-0.1, -0.05) is 30.3 Å². The van der Waals surface area contributed by atoms with Crippen LogP contribution in [-0.2, 0) is 16.1 Å². The fraction of sp³-hybridized carbons (Fsp3) is 0.471. The molecule has 1 aliphatic carbocycles. The number of rotatable bonds is 3. The van der Waals surface area contributed by atoms with Crippen molar-refractivity contribution in [2.75, 3.05) is 13.1 Å². The lowest BCUT2D eigenvalue weighted by Gasteiger charge is -2.32. The minimum Gasteiger partial charge on any atom is -0.480 e. The van der Waals surface area contributed by atoms with Gasteiger partial charge in [0.1, 0.15) is 6.61 Å². The summed E-state index contributed by atoms with van der Waals surface area (Å²) in [5, 5.41) is 18.5. The van der Waals surface area contributed by atoms with E-state index in [9.17, 15) is 20.0 Å². The molecule has 23 heavy (non-hydrogen) atoms. The molecule has 1 saturated heterocycles. The molecule has 1 saturated carbocycles. The fourth-order valence-electron chi connectivity index (χ4n) is 3.50. The molecule has 1 aromatic rings. The zero-order valence-electron chi connectivity index (χ0n) is 12.7. The number of benzene rings is 1. The van der Waals surface area contributed by atoms with E-state index in [1.165, 1.54) is 0 Å². The van der Waals surface area contributed by atoms with E-state index >= 15 is 0 Å². The van der Waals surface area contributed by atoms with Crippen molar-refractivity contribution in [2.24, 2.45) is 10.8 Å². The normalized spacial score (nSPS) is 24.7. The number of nitriles is 1. The number of ether oxygens (including phenoxy) is 1. The van der Waals surface area contributed by atoms with Crippen molar-refractivity contribution < 1.29 is 19.4 Å². The number of nitrogens with zero attached hydrogens (tertiary/aromatic N) is 2. The molecule has 1 heterocycles. The van der Waals surface area contributed by atoms with E-state index in [1.54, 1.807) is 4.90 Å². The highest BCUT2D eigenvalue weighted by atomic mass is 16.6. The summed E-state index contributed by atoms with van der Waals surface area (Å²) in [6.45, 7) is 1.09. The van der Waals surface area contributed by atoms with Crippen molar-refractivity contribution in [3.63, 3.8) is 0 Å². The first-order valence-corrected chi connectivity index (χ1v) is 7.63. The highest BCUT2D eigenvalue weighted by Crippen LogP contribution is 2.68. The first-order chi connectivity index (χ1) is 11.0. The zero-order chi connectivity index (χ0) is 16.5. The summed E-state index contributed by atoms with van der Waals surface area (Å²) < 4.78 is 5.29. The Labute approximate surface area is 134 Å². The number of carbonyl (C=O) groups excluding carboxylic acids is 1. The average molecular weight is 314 g/mol. The van der Waals surface area contributed by atoms with Crippen LogP contribution in [0, 0.1) is 22.2 Å². The van der Waals surface area contributed by atoms with Crippen LogP contribution < -0.4 is 0 Å². The van der Waals surface area contributed by atoms with E-state index in [0.717, 1.165) is 5.56 Å². The first kappa shape index (κ1) is 15.3. The molecule has 1 spiro atoms. The number of carbonyl (C=O) groups is 2. The number of hydrogen-bond acceptors (Lipinski definition) is 4. The van der Waals surface area contributed by atoms with Crippen molar-refractivity contribution in [1.82, 2.24) is 4.90 Å². The molecule has 0 radical (unpaired) electrons. The maximum Gasteiger partial charge on any atom is 0.410 e. The molecular weight excluding hydrogens is 296 g/mol. The summed E-state index contributed by atoms with van der Waals surface area (Å²) in [7, 11) is 0. The molecule has 6 nitrogen and oxygen atoms in total. The Morgan fingerprint density at radius 3 is 2.43 bits per heavy atom.